The van der Waals surface area contributed by atoms with Crippen molar-refractivity contribution in [2.24, 2.45) is 5.92 Å². The van der Waals surface area contributed by atoms with Crippen LogP contribution in [0.25, 0.3) is 0 Å². The van der Waals surface area contributed by atoms with Crippen LogP contribution in [-0.2, 0) is 11.2 Å². The Hall–Kier alpha value is -1.51. The highest BCUT2D eigenvalue weighted by Crippen LogP contribution is 2.22. The molecule has 0 spiro atoms. The van der Waals surface area contributed by atoms with Crippen molar-refractivity contribution in [1.29, 1.82) is 0 Å². The highest BCUT2D eigenvalue weighted by Gasteiger charge is 2.14. The predicted octanol–water partition coefficient (Wildman–Crippen LogP) is 2.90. The molecule has 1 saturated carbocycles. The number of carbonyl (C=O) groups excluding carboxylic acids is 1. The molecule has 0 unspecified atom stereocenters. The molecule has 1 aromatic carbocycles. The molecule has 1 aliphatic rings. The van der Waals surface area contributed by atoms with Crippen LogP contribution in [-0.4, -0.2) is 12.5 Å². The lowest BCUT2D eigenvalue weighted by Crippen LogP contribution is -2.30. The van der Waals surface area contributed by atoms with E-state index in [1.54, 1.807) is 0 Å². The Labute approximate surface area is 115 Å². The Bertz CT molecular complexity index is 411. The third kappa shape index (κ3) is 4.58. The molecule has 3 nitrogen and oxygen atoms in total. The molecule has 2 rings (SSSR count). The Balaban J connectivity index is 1.68. The van der Waals surface area contributed by atoms with Crippen LogP contribution in [0, 0.1) is 5.92 Å². The van der Waals surface area contributed by atoms with E-state index in [4.69, 9.17) is 5.73 Å². The average molecular weight is 260 g/mol. The van der Waals surface area contributed by atoms with Gasteiger partial charge in [-0.25, -0.2) is 0 Å². The summed E-state index contributed by atoms with van der Waals surface area (Å²) in [6, 6.07) is 7.76. The summed E-state index contributed by atoms with van der Waals surface area (Å²) in [6.07, 6.45) is 7.79. The van der Waals surface area contributed by atoms with Crippen LogP contribution >= 0.6 is 0 Å². The number of carbonyl (C=O) groups is 1. The standard InChI is InChI=1S/C16H24N2O/c17-15-9-5-4-8-14(15)10-11-16(19)18-12-13-6-2-1-3-7-13/h4-5,8-9,13H,1-3,6-7,10-12,17H2,(H,18,19). The molecule has 1 amide bonds. The van der Waals surface area contributed by atoms with E-state index in [0.29, 0.717) is 12.3 Å². The number of benzene rings is 1. The lowest BCUT2D eigenvalue weighted by molar-refractivity contribution is -0.121. The van der Waals surface area contributed by atoms with Gasteiger partial charge in [-0.15, -0.1) is 0 Å². The molecule has 1 aliphatic carbocycles. The molecule has 0 radical (unpaired) electrons. The number of amides is 1. The van der Waals surface area contributed by atoms with Gasteiger partial charge in [-0.2, -0.15) is 0 Å². The number of aryl methyl sites for hydroxylation is 1. The molecule has 0 aliphatic heterocycles. The van der Waals surface area contributed by atoms with Gasteiger partial charge in [0.1, 0.15) is 0 Å². The largest absolute Gasteiger partial charge is 0.399 e. The first-order chi connectivity index (χ1) is 9.25. The molecular weight excluding hydrogens is 236 g/mol. The number of para-hydroxylation sites is 1. The topological polar surface area (TPSA) is 55.1 Å². The van der Waals surface area contributed by atoms with Gasteiger partial charge in [0.05, 0.1) is 0 Å². The van der Waals surface area contributed by atoms with Gasteiger partial charge in [-0.05, 0) is 36.8 Å². The molecule has 0 aromatic heterocycles. The quantitative estimate of drug-likeness (QED) is 0.800. The molecule has 0 bridgehead atoms. The molecule has 3 N–H and O–H groups in total. The highest BCUT2D eigenvalue weighted by molar-refractivity contribution is 5.76. The number of hydrogen-bond acceptors (Lipinski definition) is 2. The van der Waals surface area contributed by atoms with E-state index in [2.05, 4.69) is 5.32 Å². The van der Waals surface area contributed by atoms with Gasteiger partial charge in [0.15, 0.2) is 0 Å². The minimum atomic E-state index is 0.147. The molecule has 19 heavy (non-hydrogen) atoms. The highest BCUT2D eigenvalue weighted by atomic mass is 16.1. The van der Waals surface area contributed by atoms with Crippen molar-refractivity contribution in [2.75, 3.05) is 12.3 Å². The van der Waals surface area contributed by atoms with E-state index >= 15 is 0 Å². The van der Waals surface area contributed by atoms with Gasteiger partial charge in [-0.1, -0.05) is 37.5 Å². The summed E-state index contributed by atoms with van der Waals surface area (Å²) in [5.41, 5.74) is 7.71. The molecule has 0 atom stereocenters. The second-order valence-corrected chi connectivity index (χ2v) is 5.51. The summed E-state index contributed by atoms with van der Waals surface area (Å²) in [5.74, 6) is 0.841. The van der Waals surface area contributed by atoms with Crippen LogP contribution in [0.2, 0.25) is 0 Å². The van der Waals surface area contributed by atoms with Crippen LogP contribution < -0.4 is 11.1 Å². The SMILES string of the molecule is Nc1ccccc1CCC(=O)NCC1CCCCC1. The molecular formula is C16H24N2O. The van der Waals surface area contributed by atoms with Crippen LogP contribution in [0.3, 0.4) is 0 Å². The summed E-state index contributed by atoms with van der Waals surface area (Å²) in [5, 5.41) is 3.06. The normalized spacial score (nSPS) is 16.2. The number of hydrogen-bond donors (Lipinski definition) is 2. The maximum absolute atomic E-state index is 11.8. The van der Waals surface area contributed by atoms with Crippen LogP contribution in [0.15, 0.2) is 24.3 Å². The molecule has 1 aromatic rings. The van der Waals surface area contributed by atoms with E-state index in [-0.39, 0.29) is 5.91 Å². The van der Waals surface area contributed by atoms with E-state index in [9.17, 15) is 4.79 Å². The number of nitrogen functional groups attached to an aromatic ring is 1. The average Bonchev–Trinajstić information content (AvgIpc) is 2.45. The second-order valence-electron chi connectivity index (χ2n) is 5.51. The summed E-state index contributed by atoms with van der Waals surface area (Å²) in [7, 11) is 0. The molecule has 3 heteroatoms. The van der Waals surface area contributed by atoms with E-state index in [1.165, 1.54) is 32.1 Å². The Morgan fingerprint density at radius 2 is 1.95 bits per heavy atom. The lowest BCUT2D eigenvalue weighted by atomic mass is 9.89. The molecule has 1 fully saturated rings. The fraction of sp³-hybridized carbons (Fsp3) is 0.562. The summed E-state index contributed by atoms with van der Waals surface area (Å²) in [4.78, 5) is 11.8. The van der Waals surface area contributed by atoms with E-state index in [1.807, 2.05) is 24.3 Å². The maximum atomic E-state index is 11.8. The third-order valence-corrected chi connectivity index (χ3v) is 3.99. The predicted molar refractivity (Wildman–Crippen MR) is 78.8 cm³/mol. The van der Waals surface area contributed by atoms with Crippen molar-refractivity contribution < 1.29 is 4.79 Å². The van der Waals surface area contributed by atoms with Crippen LogP contribution in [0.5, 0.6) is 0 Å². The number of nitrogens with one attached hydrogen (secondary N) is 1. The fourth-order valence-corrected chi connectivity index (χ4v) is 2.75. The first-order valence-electron chi connectivity index (χ1n) is 7.36. The van der Waals surface area contributed by atoms with Crippen molar-refractivity contribution >= 4 is 11.6 Å². The van der Waals surface area contributed by atoms with Crippen molar-refractivity contribution in [2.45, 2.75) is 44.9 Å². The minimum Gasteiger partial charge on any atom is -0.399 e. The van der Waals surface area contributed by atoms with Gasteiger partial charge in [-0.3, -0.25) is 4.79 Å². The lowest BCUT2D eigenvalue weighted by Gasteiger charge is -2.21. The summed E-state index contributed by atoms with van der Waals surface area (Å²) >= 11 is 0. The fourth-order valence-electron chi connectivity index (χ4n) is 2.75. The first kappa shape index (κ1) is 13.9. The van der Waals surface area contributed by atoms with Crippen molar-refractivity contribution in [3.63, 3.8) is 0 Å². The van der Waals surface area contributed by atoms with Gasteiger partial charge in [0.25, 0.3) is 0 Å². The van der Waals surface area contributed by atoms with Gasteiger partial charge in [0.2, 0.25) is 5.91 Å². The van der Waals surface area contributed by atoms with Gasteiger partial charge < -0.3 is 11.1 Å². The van der Waals surface area contributed by atoms with E-state index < -0.39 is 0 Å². The monoisotopic (exact) mass is 260 g/mol. The number of anilines is 1. The minimum absolute atomic E-state index is 0.147. The molecule has 0 saturated heterocycles. The third-order valence-electron chi connectivity index (χ3n) is 3.99. The smallest absolute Gasteiger partial charge is 0.220 e. The van der Waals surface area contributed by atoms with Crippen LogP contribution in [0.1, 0.15) is 44.1 Å². The number of nitrogens with two attached hydrogens (primary N) is 1. The zero-order valence-electron chi connectivity index (χ0n) is 11.5. The maximum Gasteiger partial charge on any atom is 0.220 e. The second kappa shape index (κ2) is 7.17. The zero-order valence-corrected chi connectivity index (χ0v) is 11.5. The summed E-state index contributed by atoms with van der Waals surface area (Å²) < 4.78 is 0. The summed E-state index contributed by atoms with van der Waals surface area (Å²) in [6.45, 7) is 0.850. The van der Waals surface area contributed by atoms with Crippen molar-refractivity contribution in [3.8, 4) is 0 Å². The van der Waals surface area contributed by atoms with Gasteiger partial charge in [0, 0.05) is 18.7 Å². The Morgan fingerprint density at radius 1 is 1.21 bits per heavy atom. The van der Waals surface area contributed by atoms with Crippen molar-refractivity contribution in [1.82, 2.24) is 5.32 Å². The Morgan fingerprint density at radius 3 is 2.68 bits per heavy atom. The first-order valence-corrected chi connectivity index (χ1v) is 7.36. The number of rotatable bonds is 5. The van der Waals surface area contributed by atoms with E-state index in [0.717, 1.165) is 24.2 Å². The van der Waals surface area contributed by atoms with Crippen LogP contribution in [0.4, 0.5) is 5.69 Å². The Kier molecular flexibility index (Phi) is 5.25. The van der Waals surface area contributed by atoms with Crippen molar-refractivity contribution in [3.05, 3.63) is 29.8 Å². The van der Waals surface area contributed by atoms with Gasteiger partial charge >= 0.3 is 0 Å². The zero-order chi connectivity index (χ0) is 13.5. The molecule has 0 heterocycles. The molecule has 104 valence electrons.